The minimum Gasteiger partial charge on any atom is -0.393 e. The van der Waals surface area contributed by atoms with Gasteiger partial charge in [-0.1, -0.05) is 30.3 Å². The van der Waals surface area contributed by atoms with Crippen LogP contribution in [-0.2, 0) is 25.9 Å². The van der Waals surface area contributed by atoms with Gasteiger partial charge in [-0.15, -0.1) is 0 Å². The number of carbonyl (C=O) groups excluding carboxylic acids is 1. The highest BCUT2D eigenvalue weighted by Crippen LogP contribution is 2.32. The Morgan fingerprint density at radius 2 is 1.84 bits per heavy atom. The van der Waals surface area contributed by atoms with Gasteiger partial charge in [0.2, 0.25) is 0 Å². The van der Waals surface area contributed by atoms with E-state index in [1.165, 1.54) is 24.1 Å². The van der Waals surface area contributed by atoms with E-state index in [1.54, 1.807) is 0 Å². The highest BCUT2D eigenvalue weighted by molar-refractivity contribution is 5.94. The molecular weight excluding hydrogens is 388 g/mol. The predicted molar refractivity (Wildman–Crippen MR) is 120 cm³/mol. The first-order valence-corrected chi connectivity index (χ1v) is 12.0. The molecule has 2 aromatic rings. The van der Waals surface area contributed by atoms with Crippen LogP contribution in [0.1, 0.15) is 59.4 Å². The lowest BCUT2D eigenvalue weighted by Crippen LogP contribution is -2.41. The van der Waals surface area contributed by atoms with Gasteiger partial charge >= 0.3 is 0 Å². The Balaban J connectivity index is 1.33. The Morgan fingerprint density at radius 3 is 2.58 bits per heavy atom. The number of aryl methyl sites for hydroxylation is 2. The van der Waals surface area contributed by atoms with Gasteiger partial charge in [-0.25, -0.2) is 0 Å². The van der Waals surface area contributed by atoms with Crippen LogP contribution in [-0.4, -0.2) is 62.9 Å². The summed E-state index contributed by atoms with van der Waals surface area (Å²) in [6, 6.07) is 10.6. The maximum Gasteiger partial charge on any atom is 0.274 e. The fourth-order valence-corrected chi connectivity index (χ4v) is 5.02. The Kier molecular flexibility index (Phi) is 6.10. The van der Waals surface area contributed by atoms with Crippen LogP contribution in [0.2, 0.25) is 0 Å². The number of aromatic nitrogens is 2. The molecule has 6 heteroatoms. The molecule has 3 aliphatic rings. The summed E-state index contributed by atoms with van der Waals surface area (Å²) in [7, 11) is 0. The zero-order valence-electron chi connectivity index (χ0n) is 18.4. The van der Waals surface area contributed by atoms with Gasteiger partial charge in [-0.3, -0.25) is 14.4 Å². The van der Waals surface area contributed by atoms with Gasteiger partial charge in [0.05, 0.1) is 6.10 Å². The normalized spacial score (nSPS) is 20.1. The van der Waals surface area contributed by atoms with E-state index in [4.69, 9.17) is 5.10 Å². The average molecular weight is 423 g/mol. The highest BCUT2D eigenvalue weighted by Gasteiger charge is 2.33. The Hall–Kier alpha value is -2.18. The summed E-state index contributed by atoms with van der Waals surface area (Å²) in [5.41, 5.74) is 4.43. The first-order valence-electron chi connectivity index (χ1n) is 12.0. The fourth-order valence-electron chi connectivity index (χ4n) is 5.02. The molecule has 31 heavy (non-hydrogen) atoms. The number of fused-ring (bicyclic) bond motifs is 1. The molecule has 3 heterocycles. The minimum absolute atomic E-state index is 0.0539. The quantitative estimate of drug-likeness (QED) is 0.745. The Labute approximate surface area is 184 Å². The van der Waals surface area contributed by atoms with E-state index >= 15 is 0 Å². The van der Waals surface area contributed by atoms with Gasteiger partial charge < -0.3 is 10.0 Å². The predicted octanol–water partition coefficient (Wildman–Crippen LogP) is 2.88. The van der Waals surface area contributed by atoms with E-state index in [0.717, 1.165) is 56.9 Å². The van der Waals surface area contributed by atoms with E-state index < -0.39 is 0 Å². The van der Waals surface area contributed by atoms with Crippen molar-refractivity contribution in [3.8, 4) is 0 Å². The molecule has 5 rings (SSSR count). The second kappa shape index (κ2) is 9.13. The molecule has 1 aliphatic carbocycles. The summed E-state index contributed by atoms with van der Waals surface area (Å²) in [5, 5.41) is 14.7. The SMILES string of the molecule is O=C(c1nn(CCCc2ccccc2)c2c1CN(CC1CC1)CC2)N1CCC(O)CC1. The van der Waals surface area contributed by atoms with Crippen molar-refractivity contribution in [3.63, 3.8) is 0 Å². The first kappa shape index (κ1) is 20.7. The third-order valence-corrected chi connectivity index (χ3v) is 7.06. The minimum atomic E-state index is -0.275. The van der Waals surface area contributed by atoms with Crippen molar-refractivity contribution in [2.45, 2.75) is 64.1 Å². The van der Waals surface area contributed by atoms with Crippen molar-refractivity contribution >= 4 is 5.91 Å². The molecule has 1 saturated carbocycles. The largest absolute Gasteiger partial charge is 0.393 e. The number of piperidine rings is 1. The van der Waals surface area contributed by atoms with Crippen molar-refractivity contribution in [3.05, 3.63) is 52.8 Å². The molecule has 1 saturated heterocycles. The smallest absolute Gasteiger partial charge is 0.274 e. The lowest BCUT2D eigenvalue weighted by atomic mass is 10.0. The van der Waals surface area contributed by atoms with E-state index in [2.05, 4.69) is 39.9 Å². The van der Waals surface area contributed by atoms with Crippen molar-refractivity contribution in [1.29, 1.82) is 0 Å². The van der Waals surface area contributed by atoms with Crippen LogP contribution in [0.15, 0.2) is 30.3 Å². The number of amides is 1. The van der Waals surface area contributed by atoms with Gasteiger partial charge in [0, 0.05) is 56.9 Å². The zero-order chi connectivity index (χ0) is 21.2. The van der Waals surface area contributed by atoms with Crippen LogP contribution in [0.5, 0.6) is 0 Å². The summed E-state index contributed by atoms with van der Waals surface area (Å²) in [4.78, 5) is 17.8. The van der Waals surface area contributed by atoms with E-state index in [0.29, 0.717) is 31.6 Å². The molecule has 1 N–H and O–H groups in total. The zero-order valence-corrected chi connectivity index (χ0v) is 18.4. The van der Waals surface area contributed by atoms with Crippen LogP contribution in [0.3, 0.4) is 0 Å². The number of likely N-dealkylation sites (tertiary alicyclic amines) is 1. The second-order valence-electron chi connectivity index (χ2n) is 9.54. The number of hydrogen-bond donors (Lipinski definition) is 1. The van der Waals surface area contributed by atoms with Crippen molar-refractivity contribution < 1.29 is 9.90 Å². The molecule has 166 valence electrons. The van der Waals surface area contributed by atoms with Gasteiger partial charge in [0.25, 0.3) is 5.91 Å². The summed E-state index contributed by atoms with van der Waals surface area (Å²) in [5.74, 6) is 0.906. The summed E-state index contributed by atoms with van der Waals surface area (Å²) >= 11 is 0. The number of aliphatic hydroxyl groups is 1. The van der Waals surface area contributed by atoms with Crippen LogP contribution >= 0.6 is 0 Å². The van der Waals surface area contributed by atoms with Crippen LogP contribution in [0.25, 0.3) is 0 Å². The van der Waals surface area contributed by atoms with Crippen molar-refractivity contribution in [2.24, 2.45) is 5.92 Å². The molecule has 2 fully saturated rings. The number of nitrogens with zero attached hydrogens (tertiary/aromatic N) is 4. The molecule has 0 spiro atoms. The van der Waals surface area contributed by atoms with Gasteiger partial charge in [0.1, 0.15) is 0 Å². The lowest BCUT2D eigenvalue weighted by Gasteiger charge is -2.30. The highest BCUT2D eigenvalue weighted by atomic mass is 16.3. The monoisotopic (exact) mass is 422 g/mol. The third kappa shape index (κ3) is 4.85. The van der Waals surface area contributed by atoms with E-state index in [1.807, 2.05) is 4.90 Å². The molecule has 0 atom stereocenters. The molecule has 1 amide bonds. The topological polar surface area (TPSA) is 61.6 Å². The van der Waals surface area contributed by atoms with E-state index in [-0.39, 0.29) is 12.0 Å². The maximum atomic E-state index is 13.4. The summed E-state index contributed by atoms with van der Waals surface area (Å²) < 4.78 is 2.12. The number of hydrogen-bond acceptors (Lipinski definition) is 4. The fraction of sp³-hybridized carbons (Fsp3) is 0.600. The van der Waals surface area contributed by atoms with Crippen molar-refractivity contribution in [2.75, 3.05) is 26.2 Å². The van der Waals surface area contributed by atoms with Crippen LogP contribution in [0, 0.1) is 5.92 Å². The lowest BCUT2D eigenvalue weighted by molar-refractivity contribution is 0.0539. The second-order valence-corrected chi connectivity index (χ2v) is 9.54. The standard InChI is InChI=1S/C25H34N4O2/c30-21-10-15-28(16-11-21)25(31)24-22-18-27(17-20-8-9-20)14-12-23(22)29(26-24)13-4-7-19-5-2-1-3-6-19/h1-3,5-6,20-21,30H,4,7-18H2. The number of rotatable bonds is 7. The van der Waals surface area contributed by atoms with Crippen LogP contribution < -0.4 is 0 Å². The molecule has 1 aromatic carbocycles. The maximum absolute atomic E-state index is 13.4. The Morgan fingerprint density at radius 1 is 1.06 bits per heavy atom. The summed E-state index contributed by atoms with van der Waals surface area (Å²) in [6.45, 7) is 5.18. The van der Waals surface area contributed by atoms with Gasteiger partial charge in [-0.2, -0.15) is 5.10 Å². The van der Waals surface area contributed by atoms with Crippen LogP contribution in [0.4, 0.5) is 0 Å². The molecule has 0 bridgehead atoms. The third-order valence-electron chi connectivity index (χ3n) is 7.06. The molecule has 1 aromatic heterocycles. The molecule has 6 nitrogen and oxygen atoms in total. The Bertz CT molecular complexity index is 898. The summed E-state index contributed by atoms with van der Waals surface area (Å²) in [6.07, 6.45) is 6.78. The molecule has 2 aliphatic heterocycles. The van der Waals surface area contributed by atoms with Gasteiger partial charge in [0.15, 0.2) is 5.69 Å². The number of benzene rings is 1. The molecule has 0 radical (unpaired) electrons. The first-order chi connectivity index (χ1) is 15.2. The van der Waals surface area contributed by atoms with E-state index in [9.17, 15) is 9.90 Å². The number of carbonyl (C=O) groups is 1. The average Bonchev–Trinajstić information content (AvgIpc) is 3.54. The van der Waals surface area contributed by atoms with Gasteiger partial charge in [-0.05, 0) is 50.0 Å². The van der Waals surface area contributed by atoms with Crippen molar-refractivity contribution in [1.82, 2.24) is 19.6 Å². The number of aliphatic hydroxyl groups excluding tert-OH is 1. The molecule has 0 unspecified atom stereocenters. The molecular formula is C25H34N4O2.